The number of ether oxygens (including phenoxy) is 2. The van der Waals surface area contributed by atoms with Gasteiger partial charge < -0.3 is 14.8 Å². The Kier molecular flexibility index (Phi) is 5.80. The fraction of sp³-hybridized carbons (Fsp3) is 0.385. The number of hydrogen-bond donors (Lipinski definition) is 1. The number of nitrogens with zero attached hydrogens (tertiary/aromatic N) is 1. The molecule has 19 heavy (non-hydrogen) atoms. The highest BCUT2D eigenvalue weighted by molar-refractivity contribution is 9.10. The van der Waals surface area contributed by atoms with Gasteiger partial charge in [0.15, 0.2) is 6.61 Å². The van der Waals surface area contributed by atoms with Crippen LogP contribution in [0, 0.1) is 11.3 Å². The van der Waals surface area contributed by atoms with Crippen LogP contribution in [0.2, 0.25) is 0 Å². The number of benzene rings is 1. The molecule has 0 fully saturated rings. The molecule has 1 aromatic rings. The highest BCUT2D eigenvalue weighted by Crippen LogP contribution is 2.23. The van der Waals surface area contributed by atoms with Crippen molar-refractivity contribution in [1.29, 1.82) is 5.26 Å². The van der Waals surface area contributed by atoms with Crippen molar-refractivity contribution in [3.05, 3.63) is 28.7 Å². The minimum absolute atomic E-state index is 0.115. The van der Waals surface area contributed by atoms with E-state index in [9.17, 15) is 4.79 Å². The second kappa shape index (κ2) is 7.12. The Morgan fingerprint density at radius 3 is 2.79 bits per heavy atom. The zero-order valence-corrected chi connectivity index (χ0v) is 12.4. The lowest BCUT2D eigenvalue weighted by Crippen LogP contribution is -2.49. The summed E-state index contributed by atoms with van der Waals surface area (Å²) < 4.78 is 11.0. The minimum Gasteiger partial charge on any atom is -0.483 e. The third kappa shape index (κ3) is 4.89. The average Bonchev–Trinajstić information content (AvgIpc) is 2.38. The molecule has 102 valence electrons. The second-order valence-electron chi connectivity index (χ2n) is 4.14. The first-order valence-electron chi connectivity index (χ1n) is 5.59. The summed E-state index contributed by atoms with van der Waals surface area (Å²) in [5.41, 5.74) is -1.05. The van der Waals surface area contributed by atoms with Crippen LogP contribution in [0.3, 0.4) is 0 Å². The molecule has 0 unspecified atom stereocenters. The summed E-state index contributed by atoms with van der Waals surface area (Å²) in [7, 11) is 1.47. The Bertz CT molecular complexity index is 487. The smallest absolute Gasteiger partial charge is 0.259 e. The third-order valence-electron chi connectivity index (χ3n) is 2.29. The highest BCUT2D eigenvalue weighted by atomic mass is 79.9. The summed E-state index contributed by atoms with van der Waals surface area (Å²) in [5, 5.41) is 11.6. The molecule has 0 aliphatic rings. The third-order valence-corrected chi connectivity index (χ3v) is 2.95. The van der Waals surface area contributed by atoms with Crippen LogP contribution in [0.15, 0.2) is 28.7 Å². The summed E-state index contributed by atoms with van der Waals surface area (Å²) in [6, 6.07) is 9.22. The van der Waals surface area contributed by atoms with Crippen LogP contribution in [0.25, 0.3) is 0 Å². The van der Waals surface area contributed by atoms with Gasteiger partial charge in [-0.3, -0.25) is 4.79 Å². The molecular weight excluding hydrogens is 312 g/mol. The Morgan fingerprint density at radius 2 is 2.21 bits per heavy atom. The van der Waals surface area contributed by atoms with Crippen LogP contribution in [-0.2, 0) is 9.53 Å². The van der Waals surface area contributed by atoms with Gasteiger partial charge in [-0.2, -0.15) is 5.26 Å². The van der Waals surface area contributed by atoms with Gasteiger partial charge in [0.1, 0.15) is 11.3 Å². The molecule has 1 rings (SSSR count). The number of nitrogens with one attached hydrogen (secondary N) is 1. The van der Waals surface area contributed by atoms with E-state index in [0.717, 1.165) is 4.47 Å². The van der Waals surface area contributed by atoms with Crippen LogP contribution in [0.5, 0.6) is 5.75 Å². The van der Waals surface area contributed by atoms with E-state index in [1.807, 2.05) is 24.3 Å². The zero-order valence-electron chi connectivity index (χ0n) is 10.8. The first-order chi connectivity index (χ1) is 9.00. The summed E-state index contributed by atoms with van der Waals surface area (Å²) in [4.78, 5) is 11.7. The normalized spacial score (nSPS) is 13.2. The molecule has 1 atom stereocenters. The molecule has 1 N–H and O–H groups in total. The minimum atomic E-state index is -1.05. The molecule has 1 amide bonds. The predicted octanol–water partition coefficient (Wildman–Crippen LogP) is 1.87. The van der Waals surface area contributed by atoms with Crippen molar-refractivity contribution < 1.29 is 14.3 Å². The maximum absolute atomic E-state index is 11.7. The van der Waals surface area contributed by atoms with Crippen LogP contribution in [0.1, 0.15) is 6.92 Å². The Hall–Kier alpha value is -1.58. The SMILES string of the molecule is COC[C@@](C)(C#N)NC(=O)COc1ccccc1Br. The number of nitriles is 1. The van der Waals surface area contributed by atoms with Gasteiger partial charge in [-0.05, 0) is 35.0 Å². The molecule has 5 nitrogen and oxygen atoms in total. The fourth-order valence-corrected chi connectivity index (χ4v) is 1.83. The van der Waals surface area contributed by atoms with Crippen LogP contribution >= 0.6 is 15.9 Å². The lowest BCUT2D eigenvalue weighted by atomic mass is 10.1. The summed E-state index contributed by atoms with van der Waals surface area (Å²) in [6.07, 6.45) is 0. The standard InChI is InChI=1S/C13H15BrN2O3/c1-13(8-15,9-18-2)16-12(17)7-19-11-6-4-3-5-10(11)14/h3-6H,7,9H2,1-2H3,(H,16,17)/t13-/m1/s1. The first kappa shape index (κ1) is 15.5. The Morgan fingerprint density at radius 1 is 1.53 bits per heavy atom. The molecule has 0 spiro atoms. The van der Waals surface area contributed by atoms with Gasteiger partial charge in [-0.15, -0.1) is 0 Å². The molecule has 0 aromatic heterocycles. The van der Waals surface area contributed by atoms with Gasteiger partial charge in [0.2, 0.25) is 0 Å². The number of methoxy groups -OCH3 is 1. The molecule has 0 aliphatic carbocycles. The van der Waals surface area contributed by atoms with E-state index < -0.39 is 5.54 Å². The number of hydrogen-bond acceptors (Lipinski definition) is 4. The molecule has 0 heterocycles. The summed E-state index contributed by atoms with van der Waals surface area (Å²) in [5.74, 6) is 0.194. The van der Waals surface area contributed by atoms with Crippen molar-refractivity contribution in [1.82, 2.24) is 5.32 Å². The van der Waals surface area contributed by atoms with Crippen molar-refractivity contribution in [2.24, 2.45) is 0 Å². The van der Waals surface area contributed by atoms with Gasteiger partial charge in [-0.25, -0.2) is 0 Å². The van der Waals surface area contributed by atoms with E-state index in [2.05, 4.69) is 21.2 Å². The Balaban J connectivity index is 2.53. The quantitative estimate of drug-likeness (QED) is 0.866. The van der Waals surface area contributed by atoms with Gasteiger partial charge in [-0.1, -0.05) is 12.1 Å². The largest absolute Gasteiger partial charge is 0.483 e. The van der Waals surface area contributed by atoms with Crippen LogP contribution in [0.4, 0.5) is 0 Å². The van der Waals surface area contributed by atoms with Crippen molar-refractivity contribution in [2.75, 3.05) is 20.3 Å². The van der Waals surface area contributed by atoms with Crippen molar-refractivity contribution in [3.63, 3.8) is 0 Å². The zero-order chi connectivity index (χ0) is 14.3. The second-order valence-corrected chi connectivity index (χ2v) is 5.00. The summed E-state index contributed by atoms with van der Waals surface area (Å²) in [6.45, 7) is 1.54. The monoisotopic (exact) mass is 326 g/mol. The van der Waals surface area contributed by atoms with E-state index in [1.165, 1.54) is 7.11 Å². The number of para-hydroxylation sites is 1. The fourth-order valence-electron chi connectivity index (χ4n) is 1.43. The molecule has 0 bridgehead atoms. The molecule has 0 aliphatic heterocycles. The number of carbonyl (C=O) groups is 1. The van der Waals surface area contributed by atoms with E-state index in [-0.39, 0.29) is 19.1 Å². The van der Waals surface area contributed by atoms with Gasteiger partial charge in [0.25, 0.3) is 5.91 Å². The molecular formula is C13H15BrN2O3. The molecule has 0 saturated heterocycles. The number of rotatable bonds is 6. The van der Waals surface area contributed by atoms with Gasteiger partial charge in [0.05, 0.1) is 17.1 Å². The van der Waals surface area contributed by atoms with E-state index >= 15 is 0 Å². The number of halogens is 1. The van der Waals surface area contributed by atoms with E-state index in [4.69, 9.17) is 14.7 Å². The molecule has 6 heteroatoms. The number of carbonyl (C=O) groups excluding carboxylic acids is 1. The van der Waals surface area contributed by atoms with Gasteiger partial charge >= 0.3 is 0 Å². The molecule has 0 saturated carbocycles. The van der Waals surface area contributed by atoms with Gasteiger partial charge in [0, 0.05) is 7.11 Å². The molecule has 0 radical (unpaired) electrons. The van der Waals surface area contributed by atoms with Crippen LogP contribution < -0.4 is 10.1 Å². The van der Waals surface area contributed by atoms with E-state index in [0.29, 0.717) is 5.75 Å². The first-order valence-corrected chi connectivity index (χ1v) is 6.38. The number of amides is 1. The Labute approximate surface area is 120 Å². The van der Waals surface area contributed by atoms with Crippen LogP contribution in [-0.4, -0.2) is 31.8 Å². The average molecular weight is 327 g/mol. The predicted molar refractivity (Wildman–Crippen MR) is 73.7 cm³/mol. The topological polar surface area (TPSA) is 71.3 Å². The van der Waals surface area contributed by atoms with Crippen molar-refractivity contribution >= 4 is 21.8 Å². The van der Waals surface area contributed by atoms with E-state index in [1.54, 1.807) is 13.0 Å². The highest BCUT2D eigenvalue weighted by Gasteiger charge is 2.26. The van der Waals surface area contributed by atoms with Crippen molar-refractivity contribution in [2.45, 2.75) is 12.5 Å². The maximum atomic E-state index is 11.7. The molecule has 1 aromatic carbocycles. The maximum Gasteiger partial charge on any atom is 0.259 e. The lowest BCUT2D eigenvalue weighted by molar-refractivity contribution is -0.124. The van der Waals surface area contributed by atoms with Crippen molar-refractivity contribution in [3.8, 4) is 11.8 Å². The lowest BCUT2D eigenvalue weighted by Gasteiger charge is -2.22. The summed E-state index contributed by atoms with van der Waals surface area (Å²) >= 11 is 3.32.